The third kappa shape index (κ3) is 2.29. The minimum absolute atomic E-state index is 0.290. The molecule has 0 fully saturated rings. The molecule has 26 heavy (non-hydrogen) atoms. The molecule has 0 aliphatic heterocycles. The smallest absolute Gasteiger partial charge is 0.124 e. The van der Waals surface area contributed by atoms with Gasteiger partial charge in [-0.15, -0.1) is 11.3 Å². The van der Waals surface area contributed by atoms with Crippen molar-refractivity contribution in [1.29, 1.82) is 0 Å². The van der Waals surface area contributed by atoms with E-state index in [1.807, 2.05) is 41.9 Å². The van der Waals surface area contributed by atoms with E-state index in [1.165, 1.54) is 0 Å². The largest absolute Gasteiger partial charge is 0.507 e. The fraction of sp³-hybridized carbons (Fsp3) is 0. The van der Waals surface area contributed by atoms with Gasteiger partial charge in [0.15, 0.2) is 0 Å². The topological polar surface area (TPSA) is 33.1 Å². The van der Waals surface area contributed by atoms with Gasteiger partial charge in [0.05, 0.1) is 0 Å². The molecule has 1 heterocycles. The minimum atomic E-state index is 0.290. The zero-order valence-electron chi connectivity index (χ0n) is 13.9. The second kappa shape index (κ2) is 5.97. The molecule has 0 saturated carbocycles. The van der Waals surface area contributed by atoms with Crippen molar-refractivity contribution < 1.29 is 5.11 Å². The fourth-order valence-corrected chi connectivity index (χ4v) is 4.27. The lowest BCUT2D eigenvalue weighted by Crippen LogP contribution is -1.90. The van der Waals surface area contributed by atoms with Crippen molar-refractivity contribution >= 4 is 32.9 Å². The van der Waals surface area contributed by atoms with Gasteiger partial charge in [-0.1, -0.05) is 66.7 Å². The van der Waals surface area contributed by atoms with Gasteiger partial charge in [-0.05, 0) is 27.6 Å². The van der Waals surface area contributed by atoms with Gasteiger partial charge in [0.2, 0.25) is 0 Å². The highest BCUT2D eigenvalue weighted by Gasteiger charge is 2.18. The van der Waals surface area contributed by atoms with Crippen LogP contribution >= 0.6 is 11.3 Å². The highest BCUT2D eigenvalue weighted by Crippen LogP contribution is 2.45. The van der Waals surface area contributed by atoms with Gasteiger partial charge in [0, 0.05) is 28.3 Å². The molecule has 0 spiro atoms. The molecule has 5 aromatic rings. The molecule has 3 heteroatoms. The second-order valence-corrected chi connectivity index (χ2v) is 7.12. The molecule has 0 radical (unpaired) electrons. The Labute approximate surface area is 155 Å². The first-order valence-electron chi connectivity index (χ1n) is 8.45. The maximum absolute atomic E-state index is 10.8. The number of rotatable bonds is 2. The Kier molecular flexibility index (Phi) is 3.47. The predicted molar refractivity (Wildman–Crippen MR) is 110 cm³/mol. The number of aromatic nitrogens is 1. The number of nitrogens with zero attached hydrogens (tertiary/aromatic N) is 1. The van der Waals surface area contributed by atoms with Crippen molar-refractivity contribution in [3.05, 3.63) is 84.4 Å². The Balaban J connectivity index is 1.99. The molecule has 124 valence electrons. The Morgan fingerprint density at radius 1 is 0.692 bits per heavy atom. The number of hydrogen-bond acceptors (Lipinski definition) is 3. The van der Waals surface area contributed by atoms with E-state index in [2.05, 4.69) is 41.4 Å². The molecule has 0 aliphatic rings. The monoisotopic (exact) mass is 353 g/mol. The Hall–Kier alpha value is -3.17. The van der Waals surface area contributed by atoms with Crippen LogP contribution in [0, 0.1) is 0 Å². The molecule has 2 nitrogen and oxygen atoms in total. The lowest BCUT2D eigenvalue weighted by molar-refractivity contribution is 0.478. The van der Waals surface area contributed by atoms with Crippen LogP contribution in [0.4, 0.5) is 0 Å². The predicted octanol–water partition coefficient (Wildman–Crippen LogP) is 6.49. The van der Waals surface area contributed by atoms with E-state index < -0.39 is 0 Å². The van der Waals surface area contributed by atoms with Crippen LogP contribution in [-0.4, -0.2) is 10.1 Å². The van der Waals surface area contributed by atoms with Crippen LogP contribution in [0.5, 0.6) is 5.75 Å². The number of thiazole rings is 1. The summed E-state index contributed by atoms with van der Waals surface area (Å²) in [6.45, 7) is 0. The SMILES string of the molecule is Oc1ccc2ccccc2c1-c1c(-c2nccs2)ccc2ccccc12. The van der Waals surface area contributed by atoms with E-state index in [0.29, 0.717) is 0 Å². The number of benzene rings is 4. The second-order valence-electron chi connectivity index (χ2n) is 6.23. The van der Waals surface area contributed by atoms with E-state index in [1.54, 1.807) is 17.4 Å². The van der Waals surface area contributed by atoms with Crippen LogP contribution in [0.25, 0.3) is 43.2 Å². The average molecular weight is 353 g/mol. The van der Waals surface area contributed by atoms with Crippen molar-refractivity contribution in [1.82, 2.24) is 4.98 Å². The van der Waals surface area contributed by atoms with Crippen LogP contribution in [0.2, 0.25) is 0 Å². The Morgan fingerprint density at radius 2 is 1.35 bits per heavy atom. The van der Waals surface area contributed by atoms with Crippen LogP contribution in [0.1, 0.15) is 0 Å². The van der Waals surface area contributed by atoms with Crippen molar-refractivity contribution in [3.63, 3.8) is 0 Å². The van der Waals surface area contributed by atoms with Crippen molar-refractivity contribution in [2.45, 2.75) is 0 Å². The fourth-order valence-electron chi connectivity index (χ4n) is 3.60. The van der Waals surface area contributed by atoms with Gasteiger partial charge in [0.1, 0.15) is 10.8 Å². The molecule has 0 unspecified atom stereocenters. The van der Waals surface area contributed by atoms with Crippen LogP contribution in [-0.2, 0) is 0 Å². The van der Waals surface area contributed by atoms with E-state index in [-0.39, 0.29) is 5.75 Å². The first kappa shape index (κ1) is 15.1. The molecule has 1 N–H and O–H groups in total. The average Bonchev–Trinajstić information content (AvgIpc) is 3.22. The maximum Gasteiger partial charge on any atom is 0.124 e. The van der Waals surface area contributed by atoms with E-state index in [0.717, 1.165) is 43.2 Å². The minimum Gasteiger partial charge on any atom is -0.507 e. The number of aromatic hydroxyl groups is 1. The summed E-state index contributed by atoms with van der Waals surface area (Å²) in [4.78, 5) is 4.53. The number of hydrogen-bond donors (Lipinski definition) is 1. The number of fused-ring (bicyclic) bond motifs is 2. The highest BCUT2D eigenvalue weighted by atomic mass is 32.1. The molecule has 0 amide bonds. The van der Waals surface area contributed by atoms with Crippen LogP contribution < -0.4 is 0 Å². The zero-order chi connectivity index (χ0) is 17.5. The van der Waals surface area contributed by atoms with Crippen molar-refractivity contribution in [2.24, 2.45) is 0 Å². The van der Waals surface area contributed by atoms with Crippen LogP contribution in [0.3, 0.4) is 0 Å². The third-order valence-corrected chi connectivity index (χ3v) is 5.56. The quantitative estimate of drug-likeness (QED) is 0.393. The van der Waals surface area contributed by atoms with Gasteiger partial charge < -0.3 is 5.11 Å². The molecule has 0 aliphatic carbocycles. The molecular formula is C23H15NOS. The first-order chi connectivity index (χ1) is 12.8. The molecule has 0 bridgehead atoms. The summed E-state index contributed by atoms with van der Waals surface area (Å²) in [5, 5.41) is 18.2. The van der Waals surface area contributed by atoms with Gasteiger partial charge in [-0.25, -0.2) is 4.98 Å². The van der Waals surface area contributed by atoms with E-state index in [4.69, 9.17) is 0 Å². The van der Waals surface area contributed by atoms with Gasteiger partial charge >= 0.3 is 0 Å². The summed E-state index contributed by atoms with van der Waals surface area (Å²) in [6, 6.07) is 24.5. The lowest BCUT2D eigenvalue weighted by Gasteiger charge is -2.16. The highest BCUT2D eigenvalue weighted by molar-refractivity contribution is 7.13. The van der Waals surface area contributed by atoms with Gasteiger partial charge in [-0.3, -0.25) is 0 Å². The molecule has 5 rings (SSSR count). The third-order valence-electron chi connectivity index (χ3n) is 4.75. The van der Waals surface area contributed by atoms with E-state index in [9.17, 15) is 5.11 Å². The molecule has 4 aromatic carbocycles. The molecular weight excluding hydrogens is 338 g/mol. The lowest BCUT2D eigenvalue weighted by atomic mass is 9.89. The summed E-state index contributed by atoms with van der Waals surface area (Å²) in [5.41, 5.74) is 2.95. The Bertz CT molecular complexity index is 1240. The van der Waals surface area contributed by atoms with Crippen molar-refractivity contribution in [2.75, 3.05) is 0 Å². The Morgan fingerprint density at radius 3 is 2.04 bits per heavy atom. The van der Waals surface area contributed by atoms with E-state index >= 15 is 0 Å². The molecule has 0 saturated heterocycles. The van der Waals surface area contributed by atoms with Crippen molar-refractivity contribution in [3.8, 4) is 27.4 Å². The standard InChI is InChI=1S/C23H15NOS/c25-20-12-10-16-6-2-4-8-18(16)22(20)21-17-7-3-1-5-15(17)9-11-19(21)23-24-13-14-26-23/h1-14,25H. The summed E-state index contributed by atoms with van der Waals surface area (Å²) in [5.74, 6) is 0.290. The number of phenols is 1. The summed E-state index contributed by atoms with van der Waals surface area (Å²) < 4.78 is 0. The first-order valence-corrected chi connectivity index (χ1v) is 9.33. The molecule has 0 atom stereocenters. The zero-order valence-corrected chi connectivity index (χ0v) is 14.7. The summed E-state index contributed by atoms with van der Waals surface area (Å²) in [7, 11) is 0. The number of phenolic OH excluding ortho intramolecular Hbond substituents is 1. The van der Waals surface area contributed by atoms with Crippen LogP contribution in [0.15, 0.2) is 84.4 Å². The normalized spacial score (nSPS) is 11.2. The summed E-state index contributed by atoms with van der Waals surface area (Å²) >= 11 is 1.61. The maximum atomic E-state index is 10.8. The van der Waals surface area contributed by atoms with Gasteiger partial charge in [-0.2, -0.15) is 0 Å². The molecule has 1 aromatic heterocycles. The summed E-state index contributed by atoms with van der Waals surface area (Å²) in [6.07, 6.45) is 1.82. The van der Waals surface area contributed by atoms with Gasteiger partial charge in [0.25, 0.3) is 0 Å².